The van der Waals surface area contributed by atoms with Crippen LogP contribution in [0.5, 0.6) is 0 Å². The molecule has 0 aromatic heterocycles. The number of amides is 1. The first-order chi connectivity index (χ1) is 10.1. The number of Topliss-reactive ketones (excluding diaryl/α,β-unsaturated/α-hetero) is 1. The van der Waals surface area contributed by atoms with Gasteiger partial charge < -0.3 is 10.1 Å². The van der Waals surface area contributed by atoms with Crippen molar-refractivity contribution in [1.29, 1.82) is 0 Å². The number of aldehydes is 1. The standard InChI is InChI=1S/C17H23NO3/c1-14(20)7-5-3-2-4-6-12-18-17(21)16-10-8-15(13-19)9-11-16/h8-11,13H,2-7,12H2,1H3,(H,18,21). The average Bonchev–Trinajstić information content (AvgIpc) is 2.49. The minimum atomic E-state index is -0.107. The highest BCUT2D eigenvalue weighted by atomic mass is 16.1. The Bertz CT molecular complexity index is 465. The number of benzene rings is 1. The van der Waals surface area contributed by atoms with Gasteiger partial charge in [0.05, 0.1) is 0 Å². The summed E-state index contributed by atoms with van der Waals surface area (Å²) < 4.78 is 0. The molecule has 1 aromatic carbocycles. The van der Waals surface area contributed by atoms with Crippen LogP contribution in [0.1, 0.15) is 66.2 Å². The van der Waals surface area contributed by atoms with Gasteiger partial charge in [-0.1, -0.05) is 31.4 Å². The van der Waals surface area contributed by atoms with E-state index in [9.17, 15) is 14.4 Å². The van der Waals surface area contributed by atoms with Crippen molar-refractivity contribution in [3.05, 3.63) is 35.4 Å². The van der Waals surface area contributed by atoms with Crippen molar-refractivity contribution in [2.45, 2.75) is 45.4 Å². The number of hydrogen-bond donors (Lipinski definition) is 1. The number of hydrogen-bond acceptors (Lipinski definition) is 3. The van der Waals surface area contributed by atoms with Crippen LogP contribution in [-0.4, -0.2) is 24.5 Å². The highest BCUT2D eigenvalue weighted by molar-refractivity contribution is 5.94. The van der Waals surface area contributed by atoms with Gasteiger partial charge in [-0.25, -0.2) is 0 Å². The van der Waals surface area contributed by atoms with E-state index >= 15 is 0 Å². The molecule has 0 radical (unpaired) electrons. The van der Waals surface area contributed by atoms with Gasteiger partial charge in [-0.15, -0.1) is 0 Å². The third-order valence-electron chi connectivity index (χ3n) is 3.30. The summed E-state index contributed by atoms with van der Waals surface area (Å²) in [5, 5.41) is 2.86. The maximum Gasteiger partial charge on any atom is 0.251 e. The first-order valence-corrected chi connectivity index (χ1v) is 7.46. The van der Waals surface area contributed by atoms with Gasteiger partial charge in [-0.05, 0) is 31.9 Å². The predicted octanol–water partition coefficient (Wildman–Crippen LogP) is 3.16. The van der Waals surface area contributed by atoms with Gasteiger partial charge in [-0.3, -0.25) is 9.59 Å². The Balaban J connectivity index is 2.10. The Kier molecular flexibility index (Phi) is 8.02. The molecule has 21 heavy (non-hydrogen) atoms. The van der Waals surface area contributed by atoms with Crippen LogP contribution in [-0.2, 0) is 4.79 Å². The largest absolute Gasteiger partial charge is 0.352 e. The molecule has 1 rings (SSSR count). The molecule has 0 aliphatic carbocycles. The average molecular weight is 289 g/mol. The van der Waals surface area contributed by atoms with Crippen molar-refractivity contribution in [1.82, 2.24) is 5.32 Å². The van der Waals surface area contributed by atoms with Crippen molar-refractivity contribution in [3.8, 4) is 0 Å². The van der Waals surface area contributed by atoms with E-state index in [4.69, 9.17) is 0 Å². The maximum atomic E-state index is 11.8. The number of rotatable bonds is 10. The van der Waals surface area contributed by atoms with Gasteiger partial charge in [0.25, 0.3) is 5.91 Å². The summed E-state index contributed by atoms with van der Waals surface area (Å²) >= 11 is 0. The van der Waals surface area contributed by atoms with E-state index in [1.165, 1.54) is 0 Å². The molecule has 4 nitrogen and oxygen atoms in total. The number of nitrogens with one attached hydrogen (secondary N) is 1. The third kappa shape index (κ3) is 7.40. The molecular weight excluding hydrogens is 266 g/mol. The third-order valence-corrected chi connectivity index (χ3v) is 3.30. The fourth-order valence-electron chi connectivity index (χ4n) is 2.05. The van der Waals surface area contributed by atoms with E-state index in [1.807, 2.05) is 0 Å². The summed E-state index contributed by atoms with van der Waals surface area (Å²) in [6, 6.07) is 6.58. The van der Waals surface area contributed by atoms with Crippen LogP contribution in [0.15, 0.2) is 24.3 Å². The molecule has 0 aliphatic rings. The number of carbonyl (C=O) groups excluding carboxylic acids is 3. The Hall–Kier alpha value is -1.97. The van der Waals surface area contributed by atoms with Crippen LogP contribution in [0.25, 0.3) is 0 Å². The van der Waals surface area contributed by atoms with Crippen molar-refractivity contribution in [3.63, 3.8) is 0 Å². The highest BCUT2D eigenvalue weighted by Gasteiger charge is 2.04. The normalized spacial score (nSPS) is 10.1. The second-order valence-electron chi connectivity index (χ2n) is 5.22. The van der Waals surface area contributed by atoms with Crippen molar-refractivity contribution in [2.75, 3.05) is 6.54 Å². The molecule has 0 saturated heterocycles. The van der Waals surface area contributed by atoms with E-state index in [2.05, 4.69) is 5.32 Å². The molecule has 114 valence electrons. The van der Waals surface area contributed by atoms with Crippen molar-refractivity contribution in [2.24, 2.45) is 0 Å². The summed E-state index contributed by atoms with van der Waals surface area (Å²) in [4.78, 5) is 33.1. The summed E-state index contributed by atoms with van der Waals surface area (Å²) in [7, 11) is 0. The molecule has 1 amide bonds. The lowest BCUT2D eigenvalue weighted by Gasteiger charge is -2.05. The summed E-state index contributed by atoms with van der Waals surface area (Å²) in [6.45, 7) is 2.28. The fourth-order valence-corrected chi connectivity index (χ4v) is 2.05. The maximum absolute atomic E-state index is 11.8. The monoisotopic (exact) mass is 289 g/mol. The summed E-state index contributed by atoms with van der Waals surface area (Å²) in [5.41, 5.74) is 1.14. The minimum absolute atomic E-state index is 0.107. The molecule has 0 heterocycles. The van der Waals surface area contributed by atoms with Crippen LogP contribution in [0.4, 0.5) is 0 Å². The van der Waals surface area contributed by atoms with Gasteiger partial charge in [-0.2, -0.15) is 0 Å². The zero-order valence-corrected chi connectivity index (χ0v) is 12.6. The van der Waals surface area contributed by atoms with Crippen LogP contribution in [0, 0.1) is 0 Å². The quantitative estimate of drug-likeness (QED) is 0.531. The smallest absolute Gasteiger partial charge is 0.251 e. The lowest BCUT2D eigenvalue weighted by molar-refractivity contribution is -0.117. The Morgan fingerprint density at radius 3 is 2.24 bits per heavy atom. The second-order valence-corrected chi connectivity index (χ2v) is 5.22. The Morgan fingerprint density at radius 2 is 1.62 bits per heavy atom. The fraction of sp³-hybridized carbons (Fsp3) is 0.471. The molecule has 1 aromatic rings. The number of ketones is 1. The summed E-state index contributed by atoms with van der Waals surface area (Å²) in [5.74, 6) is 0.145. The molecule has 0 atom stereocenters. The molecule has 4 heteroatoms. The van der Waals surface area contributed by atoms with Crippen molar-refractivity contribution >= 4 is 18.0 Å². The Morgan fingerprint density at radius 1 is 1.00 bits per heavy atom. The van der Waals surface area contributed by atoms with E-state index in [-0.39, 0.29) is 11.7 Å². The van der Waals surface area contributed by atoms with Crippen LogP contribution >= 0.6 is 0 Å². The SMILES string of the molecule is CC(=O)CCCCCCCNC(=O)c1ccc(C=O)cc1. The zero-order valence-electron chi connectivity index (χ0n) is 12.6. The first kappa shape index (κ1) is 17.1. The number of carbonyl (C=O) groups is 3. The van der Waals surface area contributed by atoms with Crippen LogP contribution < -0.4 is 5.32 Å². The lowest BCUT2D eigenvalue weighted by Crippen LogP contribution is -2.24. The molecule has 0 bridgehead atoms. The van der Waals surface area contributed by atoms with Gasteiger partial charge in [0.15, 0.2) is 0 Å². The molecule has 0 aliphatic heterocycles. The van der Waals surface area contributed by atoms with E-state index < -0.39 is 0 Å². The van der Waals surface area contributed by atoms with E-state index in [0.29, 0.717) is 24.1 Å². The zero-order chi connectivity index (χ0) is 15.5. The lowest BCUT2D eigenvalue weighted by atomic mass is 10.1. The predicted molar refractivity (Wildman–Crippen MR) is 82.5 cm³/mol. The Labute approximate surface area is 125 Å². The first-order valence-electron chi connectivity index (χ1n) is 7.46. The van der Waals surface area contributed by atoms with Crippen LogP contribution in [0.2, 0.25) is 0 Å². The van der Waals surface area contributed by atoms with Gasteiger partial charge in [0.1, 0.15) is 12.1 Å². The minimum Gasteiger partial charge on any atom is -0.352 e. The van der Waals surface area contributed by atoms with E-state index in [0.717, 1.165) is 38.4 Å². The molecule has 0 unspecified atom stereocenters. The molecule has 0 saturated carbocycles. The van der Waals surface area contributed by atoms with Gasteiger partial charge >= 0.3 is 0 Å². The van der Waals surface area contributed by atoms with Crippen LogP contribution in [0.3, 0.4) is 0 Å². The van der Waals surface area contributed by atoms with E-state index in [1.54, 1.807) is 31.2 Å². The number of unbranched alkanes of at least 4 members (excludes halogenated alkanes) is 4. The molecule has 0 spiro atoms. The topological polar surface area (TPSA) is 63.2 Å². The highest BCUT2D eigenvalue weighted by Crippen LogP contribution is 2.06. The van der Waals surface area contributed by atoms with Gasteiger partial charge in [0.2, 0.25) is 0 Å². The van der Waals surface area contributed by atoms with Crippen molar-refractivity contribution < 1.29 is 14.4 Å². The molecule has 0 fully saturated rings. The second kappa shape index (κ2) is 9.86. The van der Waals surface area contributed by atoms with Gasteiger partial charge in [0, 0.05) is 24.1 Å². The molecule has 1 N–H and O–H groups in total. The molecular formula is C17H23NO3. The summed E-state index contributed by atoms with van der Waals surface area (Å²) in [6.07, 6.45) is 6.56.